The van der Waals surface area contributed by atoms with E-state index in [2.05, 4.69) is 9.97 Å². The quantitative estimate of drug-likeness (QED) is 0.905. The van der Waals surface area contributed by atoms with Gasteiger partial charge in [-0.25, -0.2) is 9.37 Å². The molecule has 3 nitrogen and oxygen atoms in total. The maximum atomic E-state index is 13.3. The number of halogens is 1. The molecule has 0 aliphatic rings. The normalized spacial score (nSPS) is 10.6. The predicted molar refractivity (Wildman–Crippen MR) is 69.0 cm³/mol. The van der Waals surface area contributed by atoms with Crippen LogP contribution in [0.4, 0.5) is 4.39 Å². The Labute approximate surface area is 105 Å². The molecule has 18 heavy (non-hydrogen) atoms. The lowest BCUT2D eigenvalue weighted by Crippen LogP contribution is -2.10. The second-order valence-electron chi connectivity index (χ2n) is 4.35. The highest BCUT2D eigenvalue weighted by Gasteiger charge is 2.06. The van der Waals surface area contributed by atoms with E-state index < -0.39 is 0 Å². The molecule has 0 unspecified atom stereocenters. The molecule has 0 radical (unpaired) electrons. The van der Waals surface area contributed by atoms with Gasteiger partial charge in [0.2, 0.25) is 0 Å². The van der Waals surface area contributed by atoms with Crippen LogP contribution < -0.4 is 5.56 Å². The van der Waals surface area contributed by atoms with Crippen molar-refractivity contribution >= 4 is 0 Å². The molecular formula is C14H15FN2O. The van der Waals surface area contributed by atoms with Crippen LogP contribution >= 0.6 is 0 Å². The minimum atomic E-state index is -0.325. The molecule has 0 saturated carbocycles. The highest BCUT2D eigenvalue weighted by Crippen LogP contribution is 2.17. The first kappa shape index (κ1) is 12.5. The Kier molecular flexibility index (Phi) is 3.55. The number of aromatic nitrogens is 2. The zero-order valence-electron chi connectivity index (χ0n) is 10.5. The largest absolute Gasteiger partial charge is 0.307 e. The van der Waals surface area contributed by atoms with Gasteiger partial charge in [-0.3, -0.25) is 4.79 Å². The van der Waals surface area contributed by atoms with Gasteiger partial charge in [-0.2, -0.15) is 0 Å². The van der Waals surface area contributed by atoms with E-state index in [1.54, 1.807) is 13.0 Å². The standard InChI is InChI=1S/C14H15FN2O/c1-3-4-12-8-13(18)17-14(16-12)10-5-9(2)6-11(15)7-10/h5-8H,3-4H2,1-2H3,(H,16,17,18). The summed E-state index contributed by atoms with van der Waals surface area (Å²) in [5, 5.41) is 0. The molecule has 0 amide bonds. The lowest BCUT2D eigenvalue weighted by atomic mass is 10.1. The van der Waals surface area contributed by atoms with Crippen LogP contribution in [0, 0.1) is 12.7 Å². The minimum absolute atomic E-state index is 0.203. The number of rotatable bonds is 3. The fraction of sp³-hybridized carbons (Fsp3) is 0.286. The molecule has 0 saturated heterocycles. The Bertz CT molecular complexity index is 599. The predicted octanol–water partition coefficient (Wildman–Crippen LogP) is 2.84. The van der Waals surface area contributed by atoms with Gasteiger partial charge in [-0.15, -0.1) is 0 Å². The highest BCUT2D eigenvalue weighted by atomic mass is 19.1. The van der Waals surface area contributed by atoms with Crippen molar-refractivity contribution in [3.05, 3.63) is 51.7 Å². The Morgan fingerprint density at radius 1 is 1.28 bits per heavy atom. The third kappa shape index (κ3) is 2.83. The van der Waals surface area contributed by atoms with Crippen LogP contribution in [-0.4, -0.2) is 9.97 Å². The summed E-state index contributed by atoms with van der Waals surface area (Å²) in [6.07, 6.45) is 1.66. The molecule has 0 fully saturated rings. The number of hydrogen-bond acceptors (Lipinski definition) is 2. The molecule has 0 bridgehead atoms. The summed E-state index contributed by atoms with van der Waals surface area (Å²) in [6.45, 7) is 3.83. The fourth-order valence-electron chi connectivity index (χ4n) is 1.90. The lowest BCUT2D eigenvalue weighted by Gasteiger charge is -2.05. The van der Waals surface area contributed by atoms with Gasteiger partial charge in [0.1, 0.15) is 11.6 Å². The number of benzene rings is 1. The summed E-state index contributed by atoms with van der Waals surface area (Å²) >= 11 is 0. The van der Waals surface area contributed by atoms with Crippen LogP contribution in [0.1, 0.15) is 24.6 Å². The van der Waals surface area contributed by atoms with Crippen LogP contribution in [0.5, 0.6) is 0 Å². The average molecular weight is 246 g/mol. The van der Waals surface area contributed by atoms with Crippen LogP contribution in [0.2, 0.25) is 0 Å². The number of aromatic amines is 1. The molecule has 4 heteroatoms. The monoisotopic (exact) mass is 246 g/mol. The molecule has 0 aliphatic heterocycles. The Hall–Kier alpha value is -1.97. The Morgan fingerprint density at radius 2 is 2.06 bits per heavy atom. The van der Waals surface area contributed by atoms with Gasteiger partial charge < -0.3 is 4.98 Å². The second-order valence-corrected chi connectivity index (χ2v) is 4.35. The van der Waals surface area contributed by atoms with E-state index in [-0.39, 0.29) is 11.4 Å². The number of hydrogen-bond donors (Lipinski definition) is 1. The van der Waals surface area contributed by atoms with Crippen LogP contribution in [0.15, 0.2) is 29.1 Å². The number of nitrogens with zero attached hydrogens (tertiary/aromatic N) is 1. The van der Waals surface area contributed by atoms with E-state index in [9.17, 15) is 9.18 Å². The molecule has 1 N–H and O–H groups in total. The third-order valence-corrected chi connectivity index (χ3v) is 2.62. The van der Waals surface area contributed by atoms with Crippen molar-refractivity contribution in [3.8, 4) is 11.4 Å². The summed E-state index contributed by atoms with van der Waals surface area (Å²) in [6, 6.07) is 6.11. The summed E-state index contributed by atoms with van der Waals surface area (Å²) in [7, 11) is 0. The smallest absolute Gasteiger partial charge is 0.251 e. The van der Waals surface area contributed by atoms with E-state index in [4.69, 9.17) is 0 Å². The summed E-state index contributed by atoms with van der Waals surface area (Å²) in [5.74, 6) is 0.0992. The first-order chi connectivity index (χ1) is 8.58. The van der Waals surface area contributed by atoms with E-state index in [0.717, 1.165) is 24.1 Å². The zero-order valence-corrected chi connectivity index (χ0v) is 10.5. The summed E-state index contributed by atoms with van der Waals surface area (Å²) in [4.78, 5) is 18.5. The zero-order chi connectivity index (χ0) is 13.1. The van der Waals surface area contributed by atoms with Gasteiger partial charge in [0.25, 0.3) is 5.56 Å². The van der Waals surface area contributed by atoms with Crippen LogP contribution in [0.3, 0.4) is 0 Å². The van der Waals surface area contributed by atoms with Crippen molar-refractivity contribution in [1.82, 2.24) is 9.97 Å². The maximum absolute atomic E-state index is 13.3. The van der Waals surface area contributed by atoms with Gasteiger partial charge in [0, 0.05) is 17.3 Å². The molecule has 2 rings (SSSR count). The first-order valence-corrected chi connectivity index (χ1v) is 5.96. The molecule has 94 valence electrons. The molecule has 1 heterocycles. The van der Waals surface area contributed by atoms with Gasteiger partial charge in [0.15, 0.2) is 0 Å². The van der Waals surface area contributed by atoms with Crippen LogP contribution in [0.25, 0.3) is 11.4 Å². The minimum Gasteiger partial charge on any atom is -0.307 e. The number of nitrogens with one attached hydrogen (secondary N) is 1. The topological polar surface area (TPSA) is 45.8 Å². The van der Waals surface area contributed by atoms with E-state index in [0.29, 0.717) is 11.4 Å². The molecular weight excluding hydrogens is 231 g/mol. The van der Waals surface area contributed by atoms with Crippen molar-refractivity contribution in [2.45, 2.75) is 26.7 Å². The second kappa shape index (κ2) is 5.12. The Balaban J connectivity index is 2.52. The third-order valence-electron chi connectivity index (χ3n) is 2.62. The van der Waals surface area contributed by atoms with E-state index >= 15 is 0 Å². The lowest BCUT2D eigenvalue weighted by molar-refractivity contribution is 0.627. The Morgan fingerprint density at radius 3 is 2.72 bits per heavy atom. The maximum Gasteiger partial charge on any atom is 0.251 e. The molecule has 0 aliphatic carbocycles. The van der Waals surface area contributed by atoms with Crippen molar-refractivity contribution < 1.29 is 4.39 Å². The average Bonchev–Trinajstić information content (AvgIpc) is 2.27. The SMILES string of the molecule is CCCc1cc(=O)[nH]c(-c2cc(C)cc(F)c2)n1. The van der Waals surface area contributed by atoms with Crippen LogP contribution in [-0.2, 0) is 6.42 Å². The molecule has 2 aromatic rings. The van der Waals surface area contributed by atoms with Crippen molar-refractivity contribution in [3.63, 3.8) is 0 Å². The van der Waals surface area contributed by atoms with Crippen molar-refractivity contribution in [1.29, 1.82) is 0 Å². The molecule has 1 aromatic carbocycles. The van der Waals surface area contributed by atoms with Gasteiger partial charge in [-0.05, 0) is 37.1 Å². The van der Waals surface area contributed by atoms with E-state index in [1.165, 1.54) is 18.2 Å². The summed E-state index contributed by atoms with van der Waals surface area (Å²) in [5.41, 5.74) is 1.93. The number of H-pyrrole nitrogens is 1. The van der Waals surface area contributed by atoms with Gasteiger partial charge in [0.05, 0.1) is 0 Å². The fourth-order valence-corrected chi connectivity index (χ4v) is 1.90. The number of aryl methyl sites for hydroxylation is 2. The van der Waals surface area contributed by atoms with E-state index in [1.807, 2.05) is 6.92 Å². The van der Waals surface area contributed by atoms with Gasteiger partial charge in [-0.1, -0.05) is 13.3 Å². The van der Waals surface area contributed by atoms with Crippen molar-refractivity contribution in [2.24, 2.45) is 0 Å². The highest BCUT2D eigenvalue weighted by molar-refractivity contribution is 5.56. The first-order valence-electron chi connectivity index (χ1n) is 5.96. The molecule has 1 aromatic heterocycles. The van der Waals surface area contributed by atoms with Gasteiger partial charge >= 0.3 is 0 Å². The van der Waals surface area contributed by atoms with Crippen molar-refractivity contribution in [2.75, 3.05) is 0 Å². The summed E-state index contributed by atoms with van der Waals surface area (Å²) < 4.78 is 13.3. The molecule has 0 spiro atoms. The molecule has 0 atom stereocenters.